The van der Waals surface area contributed by atoms with Gasteiger partial charge in [-0.3, -0.25) is 0 Å². The van der Waals surface area contributed by atoms with Crippen molar-refractivity contribution in [2.24, 2.45) is 0 Å². The van der Waals surface area contributed by atoms with Crippen LogP contribution in [0.3, 0.4) is 0 Å². The van der Waals surface area contributed by atoms with Crippen molar-refractivity contribution in [2.75, 3.05) is 6.61 Å². The van der Waals surface area contributed by atoms with Crippen molar-refractivity contribution in [3.8, 4) is 5.75 Å². The fourth-order valence-corrected chi connectivity index (χ4v) is 1.50. The van der Waals surface area contributed by atoms with Crippen molar-refractivity contribution in [1.29, 1.82) is 0 Å². The summed E-state index contributed by atoms with van der Waals surface area (Å²) in [5.41, 5.74) is -1.30. The van der Waals surface area contributed by atoms with E-state index in [1.165, 1.54) is 19.1 Å². The summed E-state index contributed by atoms with van der Waals surface area (Å²) in [5, 5.41) is 9.19. The summed E-state index contributed by atoms with van der Waals surface area (Å²) in [4.78, 5) is 11.0. The molecule has 3 nitrogen and oxygen atoms in total. The Labute approximate surface area is 112 Å². The van der Waals surface area contributed by atoms with E-state index in [4.69, 9.17) is 0 Å². The molecule has 0 aromatic heterocycles. The van der Waals surface area contributed by atoms with Crippen LogP contribution in [0.2, 0.25) is 0 Å². The summed E-state index contributed by atoms with van der Waals surface area (Å²) >= 11 is 0. The number of hydrogen-bond acceptors (Lipinski definition) is 3. The van der Waals surface area contributed by atoms with E-state index < -0.39 is 30.0 Å². The number of rotatable bonds is 5. The fourth-order valence-electron chi connectivity index (χ4n) is 1.50. The van der Waals surface area contributed by atoms with E-state index in [2.05, 4.69) is 4.74 Å². The zero-order valence-electron chi connectivity index (χ0n) is 10.5. The van der Waals surface area contributed by atoms with E-state index in [1.54, 1.807) is 0 Å². The number of esters is 1. The van der Waals surface area contributed by atoms with Crippen LogP contribution in [-0.4, -0.2) is 23.6 Å². The monoisotopic (exact) mass is 292 g/mol. The lowest BCUT2D eigenvalue weighted by atomic mass is 10.00. The topological polar surface area (TPSA) is 46.5 Å². The maximum absolute atomic E-state index is 13.5. The molecule has 0 spiro atoms. The molecule has 1 aromatic carbocycles. The molecule has 0 saturated heterocycles. The number of carbonyl (C=O) groups excluding carboxylic acids is 1. The van der Waals surface area contributed by atoms with Gasteiger partial charge in [0.05, 0.1) is 13.0 Å². The van der Waals surface area contributed by atoms with Gasteiger partial charge >= 0.3 is 11.9 Å². The molecule has 0 bridgehead atoms. The van der Waals surface area contributed by atoms with E-state index in [1.807, 2.05) is 0 Å². The van der Waals surface area contributed by atoms with Gasteiger partial charge in [-0.15, -0.1) is 0 Å². The maximum Gasteiger partial charge on any atom is 0.377 e. The summed E-state index contributed by atoms with van der Waals surface area (Å²) in [6, 6.07) is 4.49. The van der Waals surface area contributed by atoms with Gasteiger partial charge in [-0.05, 0) is 24.6 Å². The minimum absolute atomic E-state index is 0.280. The lowest BCUT2D eigenvalue weighted by molar-refractivity contribution is -0.170. The highest BCUT2D eigenvalue weighted by Crippen LogP contribution is 2.34. The Morgan fingerprint density at radius 1 is 1.35 bits per heavy atom. The van der Waals surface area contributed by atoms with Gasteiger partial charge < -0.3 is 9.84 Å². The van der Waals surface area contributed by atoms with Gasteiger partial charge in [-0.1, -0.05) is 12.1 Å². The van der Waals surface area contributed by atoms with Crippen molar-refractivity contribution in [1.82, 2.24) is 0 Å². The summed E-state index contributed by atoms with van der Waals surface area (Å²) in [5.74, 6) is -6.28. The van der Waals surface area contributed by atoms with Gasteiger partial charge in [0.2, 0.25) is 0 Å². The van der Waals surface area contributed by atoms with Gasteiger partial charge in [0.15, 0.2) is 0 Å². The molecule has 0 unspecified atom stereocenters. The molecule has 0 atom stereocenters. The first kappa shape index (κ1) is 16.0. The van der Waals surface area contributed by atoms with Gasteiger partial charge in [0.25, 0.3) is 6.08 Å². The first-order chi connectivity index (χ1) is 9.27. The van der Waals surface area contributed by atoms with E-state index in [0.29, 0.717) is 0 Å². The molecule has 1 aromatic rings. The number of hydrogen-bond donors (Lipinski definition) is 1. The van der Waals surface area contributed by atoms with Crippen LogP contribution in [0.15, 0.2) is 30.3 Å². The van der Waals surface area contributed by atoms with Crippen LogP contribution in [0.5, 0.6) is 5.75 Å². The number of phenolic OH excluding ortho intramolecular Hbond substituents is 1. The average Bonchev–Trinajstić information content (AvgIpc) is 2.36. The van der Waals surface area contributed by atoms with E-state index in [0.717, 1.165) is 12.1 Å². The molecule has 20 heavy (non-hydrogen) atoms. The molecule has 1 N–H and O–H groups in total. The number of phenols is 1. The van der Waals surface area contributed by atoms with Crippen LogP contribution in [0.1, 0.15) is 18.9 Å². The smallest absolute Gasteiger partial charge is 0.377 e. The molecular weight excluding hydrogens is 280 g/mol. The molecule has 0 heterocycles. The van der Waals surface area contributed by atoms with Crippen LogP contribution < -0.4 is 0 Å². The zero-order chi connectivity index (χ0) is 15.3. The SMILES string of the molecule is CCOC(=O)C(F)(F)CC(=C(F)F)c1cccc(O)c1. The summed E-state index contributed by atoms with van der Waals surface area (Å²) in [6.45, 7) is 1.05. The highest BCUT2D eigenvalue weighted by molar-refractivity contribution is 5.81. The van der Waals surface area contributed by atoms with Gasteiger partial charge in [-0.25, -0.2) is 4.79 Å². The van der Waals surface area contributed by atoms with Crippen LogP contribution in [0.4, 0.5) is 17.6 Å². The van der Waals surface area contributed by atoms with Gasteiger partial charge in [0, 0.05) is 5.57 Å². The van der Waals surface area contributed by atoms with Crippen molar-refractivity contribution in [3.05, 3.63) is 35.9 Å². The second-order valence-electron chi connectivity index (χ2n) is 3.89. The molecule has 0 aliphatic heterocycles. The number of carbonyl (C=O) groups is 1. The molecule has 0 fully saturated rings. The van der Waals surface area contributed by atoms with Crippen LogP contribution in [0, 0.1) is 0 Å². The van der Waals surface area contributed by atoms with Crippen LogP contribution in [0.25, 0.3) is 5.57 Å². The molecule has 0 aliphatic rings. The largest absolute Gasteiger partial charge is 0.508 e. The summed E-state index contributed by atoms with van der Waals surface area (Å²) in [6.07, 6.45) is -3.85. The molecule has 0 aliphatic carbocycles. The van der Waals surface area contributed by atoms with E-state index in [9.17, 15) is 27.5 Å². The Bertz CT molecular complexity index is 522. The predicted octanol–water partition coefficient (Wildman–Crippen LogP) is 3.59. The molecule has 0 saturated carbocycles. The number of ether oxygens (including phenoxy) is 1. The quantitative estimate of drug-likeness (QED) is 0.666. The molecule has 110 valence electrons. The standard InChI is InChI=1S/C13H12F4O3/c1-2-20-12(19)13(16,17)7-10(11(14)15)8-4-3-5-9(18)6-8/h3-6,18H,2,7H2,1H3. The Morgan fingerprint density at radius 2 is 2.00 bits per heavy atom. The third-order valence-corrected chi connectivity index (χ3v) is 2.40. The lowest BCUT2D eigenvalue weighted by Gasteiger charge is -2.16. The maximum atomic E-state index is 13.5. The molecule has 0 amide bonds. The first-order valence-corrected chi connectivity index (χ1v) is 5.66. The van der Waals surface area contributed by atoms with Crippen molar-refractivity contribution >= 4 is 11.5 Å². The van der Waals surface area contributed by atoms with Gasteiger partial charge in [-0.2, -0.15) is 17.6 Å². The third-order valence-electron chi connectivity index (χ3n) is 2.40. The van der Waals surface area contributed by atoms with Crippen molar-refractivity contribution in [2.45, 2.75) is 19.3 Å². The highest BCUT2D eigenvalue weighted by atomic mass is 19.3. The van der Waals surface area contributed by atoms with Crippen LogP contribution in [-0.2, 0) is 9.53 Å². The second-order valence-corrected chi connectivity index (χ2v) is 3.89. The Morgan fingerprint density at radius 3 is 2.50 bits per heavy atom. The minimum atomic E-state index is -4.07. The highest BCUT2D eigenvalue weighted by Gasteiger charge is 2.42. The number of aromatic hydroxyl groups is 1. The number of alkyl halides is 2. The van der Waals surface area contributed by atoms with Crippen molar-refractivity contribution < 1.29 is 32.2 Å². The third kappa shape index (κ3) is 3.97. The lowest BCUT2D eigenvalue weighted by Crippen LogP contribution is -2.31. The number of halogens is 4. The first-order valence-electron chi connectivity index (χ1n) is 5.66. The molecule has 1 rings (SSSR count). The predicted molar refractivity (Wildman–Crippen MR) is 63.4 cm³/mol. The Hall–Kier alpha value is -2.05. The van der Waals surface area contributed by atoms with Crippen LogP contribution >= 0.6 is 0 Å². The number of benzene rings is 1. The fraction of sp³-hybridized carbons (Fsp3) is 0.308. The van der Waals surface area contributed by atoms with E-state index in [-0.39, 0.29) is 17.9 Å². The molecule has 0 radical (unpaired) electrons. The van der Waals surface area contributed by atoms with Gasteiger partial charge in [0.1, 0.15) is 5.75 Å². The zero-order valence-corrected chi connectivity index (χ0v) is 10.5. The normalized spacial score (nSPS) is 11.1. The average molecular weight is 292 g/mol. The van der Waals surface area contributed by atoms with E-state index >= 15 is 0 Å². The molecule has 7 heteroatoms. The Balaban J connectivity index is 3.07. The van der Waals surface area contributed by atoms with Crippen molar-refractivity contribution in [3.63, 3.8) is 0 Å². The summed E-state index contributed by atoms with van der Waals surface area (Å²) < 4.78 is 56.8. The Kier molecular flexibility index (Phi) is 5.12. The molecular formula is C13H12F4O3. The second kappa shape index (κ2) is 6.40. The summed E-state index contributed by atoms with van der Waals surface area (Å²) in [7, 11) is 0. The minimum Gasteiger partial charge on any atom is -0.508 e. The number of allylic oxidation sites excluding steroid dienone is 1.